The Morgan fingerprint density at radius 1 is 1.54 bits per heavy atom. The molecule has 0 amide bonds. The summed E-state index contributed by atoms with van der Waals surface area (Å²) in [5, 5.41) is 12.3. The van der Waals surface area contributed by atoms with Crippen LogP contribution in [0.3, 0.4) is 0 Å². The van der Waals surface area contributed by atoms with Crippen LogP contribution in [-0.4, -0.2) is 6.04 Å². The number of benzene rings is 1. The predicted molar refractivity (Wildman–Crippen MR) is 54.8 cm³/mol. The first kappa shape index (κ1) is 9.88. The number of halogens is 1. The molecule has 0 saturated heterocycles. The minimum absolute atomic E-state index is 0.130. The van der Waals surface area contributed by atoms with E-state index in [2.05, 4.69) is 11.4 Å². The normalized spacial score (nSPS) is 11.8. The van der Waals surface area contributed by atoms with Crippen molar-refractivity contribution in [2.45, 2.75) is 19.4 Å². The first-order valence-electron chi connectivity index (χ1n) is 4.12. The molecule has 0 fully saturated rings. The molecule has 1 aromatic rings. The molecule has 1 rings (SSSR count). The molecule has 1 atom stereocenters. The van der Waals surface area contributed by atoms with Gasteiger partial charge in [-0.1, -0.05) is 23.7 Å². The maximum Gasteiger partial charge on any atom is 0.0643 e. The lowest BCUT2D eigenvalue weighted by atomic mass is 10.2. The lowest BCUT2D eigenvalue weighted by molar-refractivity contribution is 0.821. The van der Waals surface area contributed by atoms with Crippen LogP contribution < -0.4 is 5.32 Å². The molecule has 0 bridgehead atoms. The van der Waals surface area contributed by atoms with Gasteiger partial charge in [0.25, 0.3) is 0 Å². The number of rotatable bonds is 3. The van der Waals surface area contributed by atoms with Crippen molar-refractivity contribution in [1.29, 1.82) is 5.26 Å². The molecule has 0 saturated carbocycles. The lowest BCUT2D eigenvalue weighted by Gasteiger charge is -2.12. The summed E-state index contributed by atoms with van der Waals surface area (Å²) in [6, 6.07) is 9.74. The van der Waals surface area contributed by atoms with Crippen molar-refractivity contribution in [2.75, 3.05) is 5.32 Å². The summed E-state index contributed by atoms with van der Waals surface area (Å²) >= 11 is 5.92. The van der Waals surface area contributed by atoms with Gasteiger partial charge < -0.3 is 5.32 Å². The van der Waals surface area contributed by atoms with Crippen molar-refractivity contribution in [3.8, 4) is 6.07 Å². The van der Waals surface area contributed by atoms with Gasteiger partial charge in [0.1, 0.15) is 0 Å². The van der Waals surface area contributed by atoms with Gasteiger partial charge in [-0.25, -0.2) is 0 Å². The SMILES string of the molecule is C[C@@H](CC#N)Nc1ccccc1Cl. The zero-order valence-electron chi connectivity index (χ0n) is 7.42. The Hall–Kier alpha value is -1.20. The Morgan fingerprint density at radius 3 is 2.85 bits per heavy atom. The zero-order valence-corrected chi connectivity index (χ0v) is 8.17. The maximum absolute atomic E-state index is 8.46. The summed E-state index contributed by atoms with van der Waals surface area (Å²) < 4.78 is 0. The molecule has 3 heteroatoms. The number of nitriles is 1. The minimum atomic E-state index is 0.130. The summed E-state index contributed by atoms with van der Waals surface area (Å²) in [6.07, 6.45) is 0.477. The molecular formula is C10H11ClN2. The fraction of sp³-hybridized carbons (Fsp3) is 0.300. The van der Waals surface area contributed by atoms with Crippen LogP contribution in [0.5, 0.6) is 0 Å². The van der Waals surface area contributed by atoms with Gasteiger partial charge in [0.05, 0.1) is 23.2 Å². The fourth-order valence-electron chi connectivity index (χ4n) is 1.03. The van der Waals surface area contributed by atoms with Crippen molar-refractivity contribution in [2.24, 2.45) is 0 Å². The second-order valence-electron chi connectivity index (χ2n) is 2.89. The van der Waals surface area contributed by atoms with Crippen LogP contribution in [0.4, 0.5) is 5.69 Å². The molecule has 0 aromatic heterocycles. The number of hydrogen-bond acceptors (Lipinski definition) is 2. The van der Waals surface area contributed by atoms with Gasteiger partial charge in [0.2, 0.25) is 0 Å². The van der Waals surface area contributed by atoms with Gasteiger partial charge in [-0.05, 0) is 19.1 Å². The minimum Gasteiger partial charge on any atom is -0.380 e. The molecule has 0 aliphatic carbocycles. The Balaban J connectivity index is 2.64. The fourth-order valence-corrected chi connectivity index (χ4v) is 1.22. The number of nitrogens with one attached hydrogen (secondary N) is 1. The average molecular weight is 195 g/mol. The third-order valence-corrected chi connectivity index (χ3v) is 2.00. The van der Waals surface area contributed by atoms with Crippen LogP contribution >= 0.6 is 11.6 Å². The topological polar surface area (TPSA) is 35.8 Å². The zero-order chi connectivity index (χ0) is 9.68. The number of para-hydroxylation sites is 1. The first-order valence-corrected chi connectivity index (χ1v) is 4.50. The maximum atomic E-state index is 8.46. The van der Waals surface area contributed by atoms with Crippen LogP contribution in [0, 0.1) is 11.3 Å². The second-order valence-corrected chi connectivity index (χ2v) is 3.29. The summed E-state index contributed by atoms with van der Waals surface area (Å²) in [5.74, 6) is 0. The third kappa shape index (κ3) is 2.96. The highest BCUT2D eigenvalue weighted by molar-refractivity contribution is 6.33. The van der Waals surface area contributed by atoms with Crippen LogP contribution in [0.1, 0.15) is 13.3 Å². The van der Waals surface area contributed by atoms with E-state index in [9.17, 15) is 0 Å². The molecule has 68 valence electrons. The highest BCUT2D eigenvalue weighted by atomic mass is 35.5. The number of anilines is 1. The van der Waals surface area contributed by atoms with Crippen molar-refractivity contribution in [3.05, 3.63) is 29.3 Å². The Morgan fingerprint density at radius 2 is 2.23 bits per heavy atom. The quantitative estimate of drug-likeness (QED) is 0.803. The van der Waals surface area contributed by atoms with Crippen LogP contribution in [-0.2, 0) is 0 Å². The van der Waals surface area contributed by atoms with E-state index in [0.717, 1.165) is 5.69 Å². The van der Waals surface area contributed by atoms with E-state index in [1.807, 2.05) is 31.2 Å². The predicted octanol–water partition coefficient (Wildman–Crippen LogP) is 3.05. The Labute approximate surface area is 83.1 Å². The smallest absolute Gasteiger partial charge is 0.0643 e. The van der Waals surface area contributed by atoms with Gasteiger partial charge in [-0.2, -0.15) is 5.26 Å². The summed E-state index contributed by atoms with van der Waals surface area (Å²) in [4.78, 5) is 0. The van der Waals surface area contributed by atoms with E-state index in [4.69, 9.17) is 16.9 Å². The van der Waals surface area contributed by atoms with Crippen molar-refractivity contribution in [3.63, 3.8) is 0 Å². The van der Waals surface area contributed by atoms with E-state index < -0.39 is 0 Å². The monoisotopic (exact) mass is 194 g/mol. The van der Waals surface area contributed by atoms with E-state index >= 15 is 0 Å². The van der Waals surface area contributed by atoms with Crippen molar-refractivity contribution < 1.29 is 0 Å². The molecule has 2 nitrogen and oxygen atoms in total. The molecule has 0 heterocycles. The van der Waals surface area contributed by atoms with E-state index in [0.29, 0.717) is 11.4 Å². The van der Waals surface area contributed by atoms with Crippen LogP contribution in [0.25, 0.3) is 0 Å². The summed E-state index contributed by atoms with van der Waals surface area (Å²) in [6.45, 7) is 1.95. The molecule has 1 aromatic carbocycles. The molecule has 0 spiro atoms. The first-order chi connectivity index (χ1) is 6.24. The highest BCUT2D eigenvalue weighted by Crippen LogP contribution is 2.21. The molecule has 0 radical (unpaired) electrons. The number of hydrogen-bond donors (Lipinski definition) is 1. The van der Waals surface area contributed by atoms with Gasteiger partial charge in [-0.15, -0.1) is 0 Å². The molecule has 1 N–H and O–H groups in total. The van der Waals surface area contributed by atoms with Gasteiger partial charge in [0, 0.05) is 6.04 Å². The second kappa shape index (κ2) is 4.74. The van der Waals surface area contributed by atoms with Gasteiger partial charge in [0.15, 0.2) is 0 Å². The molecule has 0 unspecified atom stereocenters. The van der Waals surface area contributed by atoms with Gasteiger partial charge in [-0.3, -0.25) is 0 Å². The highest BCUT2D eigenvalue weighted by Gasteiger charge is 2.02. The Bertz CT molecular complexity index is 317. The standard InChI is InChI=1S/C10H11ClN2/c1-8(6-7-12)13-10-5-3-2-4-9(10)11/h2-5,8,13H,6H2,1H3/t8-/m0/s1. The average Bonchev–Trinajstić information content (AvgIpc) is 2.09. The van der Waals surface area contributed by atoms with Crippen molar-refractivity contribution >= 4 is 17.3 Å². The largest absolute Gasteiger partial charge is 0.380 e. The third-order valence-electron chi connectivity index (χ3n) is 1.67. The van der Waals surface area contributed by atoms with Crippen molar-refractivity contribution in [1.82, 2.24) is 0 Å². The van der Waals surface area contributed by atoms with Gasteiger partial charge >= 0.3 is 0 Å². The Kier molecular flexibility index (Phi) is 3.60. The molecule has 0 aliphatic rings. The molecule has 13 heavy (non-hydrogen) atoms. The van der Waals surface area contributed by atoms with E-state index in [-0.39, 0.29) is 6.04 Å². The molecular weight excluding hydrogens is 184 g/mol. The number of nitrogens with zero attached hydrogens (tertiary/aromatic N) is 1. The summed E-state index contributed by atoms with van der Waals surface area (Å²) in [5.41, 5.74) is 0.881. The van der Waals surface area contributed by atoms with Crippen LogP contribution in [0.2, 0.25) is 5.02 Å². The van der Waals surface area contributed by atoms with E-state index in [1.54, 1.807) is 0 Å². The lowest BCUT2D eigenvalue weighted by Crippen LogP contribution is -2.14. The molecule has 0 aliphatic heterocycles. The van der Waals surface area contributed by atoms with E-state index in [1.165, 1.54) is 0 Å². The van der Waals surface area contributed by atoms with Crippen LogP contribution in [0.15, 0.2) is 24.3 Å². The summed E-state index contributed by atoms with van der Waals surface area (Å²) in [7, 11) is 0.